The van der Waals surface area contributed by atoms with Gasteiger partial charge < -0.3 is 9.47 Å². The second kappa shape index (κ2) is 6.94. The number of hydrogen-bond donors (Lipinski definition) is 0. The zero-order chi connectivity index (χ0) is 17.0. The molecule has 0 aromatic heterocycles. The molecule has 0 saturated heterocycles. The summed E-state index contributed by atoms with van der Waals surface area (Å²) in [5.41, 5.74) is 0.626. The number of ether oxygens (including phenoxy) is 2. The van der Waals surface area contributed by atoms with Crippen molar-refractivity contribution in [3.05, 3.63) is 35.9 Å². The van der Waals surface area contributed by atoms with Crippen LogP contribution in [0.3, 0.4) is 0 Å². The average molecular weight is 317 g/mol. The highest BCUT2D eigenvalue weighted by Crippen LogP contribution is 2.30. The van der Waals surface area contributed by atoms with Crippen molar-refractivity contribution >= 4 is 17.7 Å². The van der Waals surface area contributed by atoms with Gasteiger partial charge in [-0.05, 0) is 24.8 Å². The maximum absolute atomic E-state index is 12.4. The van der Waals surface area contributed by atoms with Crippen LogP contribution < -0.4 is 0 Å². The number of aliphatic imine (C=N–C) groups is 1. The Balaban J connectivity index is 2.38. The van der Waals surface area contributed by atoms with Crippen LogP contribution in [0, 0.1) is 5.92 Å². The van der Waals surface area contributed by atoms with Gasteiger partial charge in [0, 0.05) is 6.42 Å². The molecule has 2 rings (SSSR count). The zero-order valence-corrected chi connectivity index (χ0v) is 14.0. The molecule has 0 radical (unpaired) electrons. The first-order valence-electron chi connectivity index (χ1n) is 7.80. The molecule has 0 unspecified atom stereocenters. The maximum Gasteiger partial charge on any atom is 0.334 e. The van der Waals surface area contributed by atoms with Gasteiger partial charge in [0.1, 0.15) is 6.10 Å². The molecule has 0 fully saturated rings. The number of carbonyl (C=O) groups excluding carboxylic acids is 2. The normalized spacial score (nSPS) is 24.1. The molecule has 0 N–H and O–H groups in total. The number of esters is 2. The monoisotopic (exact) mass is 317 g/mol. The van der Waals surface area contributed by atoms with E-state index in [1.54, 1.807) is 6.92 Å². The molecule has 0 amide bonds. The van der Waals surface area contributed by atoms with Crippen LogP contribution in [0.15, 0.2) is 35.3 Å². The van der Waals surface area contributed by atoms with E-state index in [0.717, 1.165) is 11.3 Å². The Labute approximate surface area is 136 Å². The van der Waals surface area contributed by atoms with Crippen LogP contribution in [0.4, 0.5) is 0 Å². The summed E-state index contributed by atoms with van der Waals surface area (Å²) < 4.78 is 10.3. The minimum atomic E-state index is -1.06. The van der Waals surface area contributed by atoms with Crippen molar-refractivity contribution in [2.45, 2.75) is 45.3 Å². The van der Waals surface area contributed by atoms with Gasteiger partial charge in [-0.3, -0.25) is 9.79 Å². The van der Waals surface area contributed by atoms with Crippen LogP contribution in [-0.4, -0.2) is 36.4 Å². The average Bonchev–Trinajstić information content (AvgIpc) is 2.55. The summed E-state index contributed by atoms with van der Waals surface area (Å²) >= 11 is 0. The van der Waals surface area contributed by atoms with E-state index in [2.05, 4.69) is 4.74 Å². The van der Waals surface area contributed by atoms with E-state index in [1.807, 2.05) is 44.2 Å². The SMILES string of the molecule is COC(=O)CC[C@]1(C)N=C(c2ccccc2)[C@@H](C(C)C)OC1=O. The molecule has 1 aliphatic rings. The van der Waals surface area contributed by atoms with Gasteiger partial charge in [-0.25, -0.2) is 4.79 Å². The molecule has 0 saturated carbocycles. The standard InChI is InChI=1S/C18H23NO4/c1-12(2)16-15(13-8-6-5-7-9-13)19-18(3,17(21)23-16)11-10-14(20)22-4/h5-9,12,16H,10-11H2,1-4H3/t16-,18+/m1/s1. The number of cyclic esters (lactones) is 1. The first kappa shape index (κ1) is 17.2. The first-order chi connectivity index (χ1) is 10.9. The molecule has 0 bridgehead atoms. The van der Waals surface area contributed by atoms with Crippen LogP contribution in [0.25, 0.3) is 0 Å². The van der Waals surface area contributed by atoms with Crippen molar-refractivity contribution in [2.75, 3.05) is 7.11 Å². The quantitative estimate of drug-likeness (QED) is 0.783. The lowest BCUT2D eigenvalue weighted by molar-refractivity contribution is -0.156. The number of hydrogen-bond acceptors (Lipinski definition) is 5. The van der Waals surface area contributed by atoms with Gasteiger partial charge in [0.25, 0.3) is 0 Å². The summed E-state index contributed by atoms with van der Waals surface area (Å²) in [5, 5.41) is 0. The van der Waals surface area contributed by atoms with E-state index in [9.17, 15) is 9.59 Å². The van der Waals surface area contributed by atoms with E-state index in [0.29, 0.717) is 0 Å². The molecule has 1 aliphatic heterocycles. The fraction of sp³-hybridized carbons (Fsp3) is 0.500. The Morgan fingerprint density at radius 1 is 1.35 bits per heavy atom. The van der Waals surface area contributed by atoms with Gasteiger partial charge in [-0.15, -0.1) is 0 Å². The highest BCUT2D eigenvalue weighted by molar-refractivity contribution is 6.08. The van der Waals surface area contributed by atoms with Crippen molar-refractivity contribution < 1.29 is 19.1 Å². The number of benzene rings is 1. The van der Waals surface area contributed by atoms with Crippen LogP contribution >= 0.6 is 0 Å². The molecule has 0 spiro atoms. The van der Waals surface area contributed by atoms with Crippen molar-refractivity contribution in [3.8, 4) is 0 Å². The molecule has 5 nitrogen and oxygen atoms in total. The number of methoxy groups -OCH3 is 1. The van der Waals surface area contributed by atoms with Crippen molar-refractivity contribution in [1.29, 1.82) is 0 Å². The lowest BCUT2D eigenvalue weighted by Crippen LogP contribution is -2.48. The zero-order valence-electron chi connectivity index (χ0n) is 14.0. The van der Waals surface area contributed by atoms with E-state index < -0.39 is 5.54 Å². The second-order valence-corrected chi connectivity index (χ2v) is 6.28. The number of nitrogens with zero attached hydrogens (tertiary/aromatic N) is 1. The van der Waals surface area contributed by atoms with Crippen LogP contribution in [0.1, 0.15) is 39.2 Å². The summed E-state index contributed by atoms with van der Waals surface area (Å²) in [4.78, 5) is 28.5. The largest absolute Gasteiger partial charge is 0.469 e. The lowest BCUT2D eigenvalue weighted by atomic mass is 9.89. The van der Waals surface area contributed by atoms with Gasteiger partial charge in [0.15, 0.2) is 5.54 Å². The molecule has 1 aromatic rings. The molecule has 23 heavy (non-hydrogen) atoms. The fourth-order valence-corrected chi connectivity index (χ4v) is 2.57. The van der Waals surface area contributed by atoms with E-state index in [-0.39, 0.29) is 36.8 Å². The molecule has 124 valence electrons. The molecule has 1 aromatic carbocycles. The number of carbonyl (C=O) groups is 2. The summed E-state index contributed by atoms with van der Waals surface area (Å²) in [6.45, 7) is 5.69. The summed E-state index contributed by atoms with van der Waals surface area (Å²) in [6.07, 6.45) is 0.00995. The van der Waals surface area contributed by atoms with Gasteiger partial charge in [0.2, 0.25) is 0 Å². The van der Waals surface area contributed by atoms with Crippen molar-refractivity contribution in [3.63, 3.8) is 0 Å². The van der Waals surface area contributed by atoms with Gasteiger partial charge in [0.05, 0.1) is 12.8 Å². The molecule has 2 atom stereocenters. The first-order valence-corrected chi connectivity index (χ1v) is 7.80. The molecule has 1 heterocycles. The lowest BCUT2D eigenvalue weighted by Gasteiger charge is -2.35. The van der Waals surface area contributed by atoms with E-state index >= 15 is 0 Å². The van der Waals surface area contributed by atoms with Crippen molar-refractivity contribution in [1.82, 2.24) is 0 Å². The Morgan fingerprint density at radius 2 is 2.00 bits per heavy atom. The smallest absolute Gasteiger partial charge is 0.334 e. The molecular formula is C18H23NO4. The van der Waals surface area contributed by atoms with Crippen LogP contribution in [0.2, 0.25) is 0 Å². The Kier molecular flexibility index (Phi) is 5.19. The Bertz CT molecular complexity index is 609. The van der Waals surface area contributed by atoms with Crippen LogP contribution in [-0.2, 0) is 19.1 Å². The third-order valence-electron chi connectivity index (χ3n) is 4.03. The third kappa shape index (κ3) is 3.78. The van der Waals surface area contributed by atoms with Gasteiger partial charge >= 0.3 is 11.9 Å². The van der Waals surface area contributed by atoms with E-state index in [1.165, 1.54) is 7.11 Å². The second-order valence-electron chi connectivity index (χ2n) is 6.28. The van der Waals surface area contributed by atoms with Gasteiger partial charge in [-0.1, -0.05) is 44.2 Å². The van der Waals surface area contributed by atoms with E-state index in [4.69, 9.17) is 9.73 Å². The molecule has 0 aliphatic carbocycles. The number of rotatable bonds is 5. The molecular weight excluding hydrogens is 294 g/mol. The van der Waals surface area contributed by atoms with Crippen LogP contribution in [0.5, 0.6) is 0 Å². The highest BCUT2D eigenvalue weighted by Gasteiger charge is 2.43. The highest BCUT2D eigenvalue weighted by atomic mass is 16.5. The minimum absolute atomic E-state index is 0.114. The third-order valence-corrected chi connectivity index (χ3v) is 4.03. The van der Waals surface area contributed by atoms with Gasteiger partial charge in [-0.2, -0.15) is 0 Å². The Hall–Kier alpha value is -2.17. The predicted molar refractivity (Wildman–Crippen MR) is 87.4 cm³/mol. The minimum Gasteiger partial charge on any atom is -0.469 e. The topological polar surface area (TPSA) is 65.0 Å². The summed E-state index contributed by atoms with van der Waals surface area (Å²) in [6, 6.07) is 9.69. The Morgan fingerprint density at radius 3 is 2.57 bits per heavy atom. The van der Waals surface area contributed by atoms with Crippen molar-refractivity contribution in [2.24, 2.45) is 10.9 Å². The maximum atomic E-state index is 12.4. The fourth-order valence-electron chi connectivity index (χ4n) is 2.57. The summed E-state index contributed by atoms with van der Waals surface area (Å²) in [7, 11) is 1.33. The predicted octanol–water partition coefficient (Wildman–Crippen LogP) is 2.77. The molecule has 5 heteroatoms. The summed E-state index contributed by atoms with van der Waals surface area (Å²) in [5.74, 6) is -0.635.